The molecule has 0 saturated carbocycles. The Hall–Kier alpha value is -4.10. The molecule has 1 heterocycles. The molecule has 0 radical (unpaired) electrons. The molecular formula is C31H25IN2O5. The van der Waals surface area contributed by atoms with E-state index in [1.165, 1.54) is 0 Å². The summed E-state index contributed by atoms with van der Waals surface area (Å²) in [6, 6.07) is 20.6. The minimum atomic E-state index is -0.670. The van der Waals surface area contributed by atoms with Crippen LogP contribution in [-0.2, 0) is 16.1 Å². The zero-order chi connectivity index (χ0) is 27.7. The van der Waals surface area contributed by atoms with E-state index in [0.717, 1.165) is 14.7 Å². The van der Waals surface area contributed by atoms with Crippen LogP contribution in [0.4, 0.5) is 0 Å². The number of nitrogens with one attached hydrogen (secondary N) is 1. The highest BCUT2D eigenvalue weighted by Crippen LogP contribution is 2.48. The number of carbonyl (C=O) groups is 2. The molecule has 2 aliphatic rings. The van der Waals surface area contributed by atoms with E-state index in [1.807, 2.05) is 49.4 Å². The van der Waals surface area contributed by atoms with Crippen molar-refractivity contribution in [1.82, 2.24) is 5.32 Å². The van der Waals surface area contributed by atoms with Crippen LogP contribution in [0.5, 0.6) is 11.5 Å². The van der Waals surface area contributed by atoms with E-state index in [4.69, 9.17) is 14.2 Å². The SMILES string of the molecule is CCOC(=O)C1=C(C)NC2=C(C(=O)c3ccccc32)[C@H]1c1cc(I)c(OCc2ccccc2C#N)c(OC)c1. The third kappa shape index (κ3) is 4.68. The Labute approximate surface area is 240 Å². The van der Waals surface area contributed by atoms with E-state index < -0.39 is 11.9 Å². The normalized spacial score (nSPS) is 15.8. The van der Waals surface area contributed by atoms with Gasteiger partial charge in [0, 0.05) is 33.9 Å². The molecule has 0 aromatic heterocycles. The highest BCUT2D eigenvalue weighted by molar-refractivity contribution is 14.1. The van der Waals surface area contributed by atoms with Crippen molar-refractivity contribution in [3.63, 3.8) is 0 Å². The standard InChI is InChI=1S/C31H25IN2O5/c1-4-38-31(36)25-17(2)34-28-21-11-7-8-12-22(21)29(35)27(28)26(25)20-13-23(32)30(24(14-20)37-3)39-16-19-10-6-5-9-18(19)15-33/h5-14,26,34H,4,16H2,1-3H3/t26-/m0/s1. The Balaban J connectivity index is 1.61. The summed E-state index contributed by atoms with van der Waals surface area (Å²) in [4.78, 5) is 27.0. The van der Waals surface area contributed by atoms with E-state index in [0.29, 0.717) is 50.7 Å². The number of allylic oxidation sites excluding steroid dienone is 2. The molecule has 7 nitrogen and oxygen atoms in total. The summed E-state index contributed by atoms with van der Waals surface area (Å²) >= 11 is 2.16. The van der Waals surface area contributed by atoms with Gasteiger partial charge in [0.15, 0.2) is 17.3 Å². The maximum atomic E-state index is 13.7. The van der Waals surface area contributed by atoms with Crippen LogP contribution in [0.1, 0.15) is 52.4 Å². The molecule has 3 aromatic carbocycles. The number of nitrogens with zero attached hydrogens (tertiary/aromatic N) is 1. The Morgan fingerprint density at radius 2 is 1.82 bits per heavy atom. The minimum absolute atomic E-state index is 0.130. The van der Waals surface area contributed by atoms with Gasteiger partial charge in [-0.15, -0.1) is 0 Å². The van der Waals surface area contributed by atoms with Gasteiger partial charge in [-0.1, -0.05) is 42.5 Å². The van der Waals surface area contributed by atoms with Crippen molar-refractivity contribution < 1.29 is 23.8 Å². The monoisotopic (exact) mass is 632 g/mol. The van der Waals surface area contributed by atoms with E-state index >= 15 is 0 Å². The molecule has 1 N–H and O–H groups in total. The number of hydrogen-bond acceptors (Lipinski definition) is 7. The highest BCUT2D eigenvalue weighted by Gasteiger charge is 2.43. The highest BCUT2D eigenvalue weighted by atomic mass is 127. The lowest BCUT2D eigenvalue weighted by atomic mass is 9.79. The number of rotatable bonds is 7. The predicted octanol–water partition coefficient (Wildman–Crippen LogP) is 5.88. The summed E-state index contributed by atoms with van der Waals surface area (Å²) in [6.45, 7) is 3.96. The molecule has 0 fully saturated rings. The summed E-state index contributed by atoms with van der Waals surface area (Å²) in [7, 11) is 1.54. The minimum Gasteiger partial charge on any atom is -0.493 e. The van der Waals surface area contributed by atoms with Crippen LogP contribution in [0, 0.1) is 14.9 Å². The summed E-state index contributed by atoms with van der Waals surface area (Å²) in [5, 5.41) is 12.7. The number of hydrogen-bond donors (Lipinski definition) is 1. The molecule has 1 aliphatic carbocycles. The molecule has 196 valence electrons. The second-order valence-electron chi connectivity index (χ2n) is 9.07. The molecule has 0 bridgehead atoms. The number of dihydropyridines is 1. The van der Waals surface area contributed by atoms with Gasteiger partial charge in [-0.25, -0.2) is 4.79 Å². The van der Waals surface area contributed by atoms with Gasteiger partial charge in [0.1, 0.15) is 6.61 Å². The largest absolute Gasteiger partial charge is 0.493 e. The first-order valence-corrected chi connectivity index (χ1v) is 13.5. The lowest BCUT2D eigenvalue weighted by Crippen LogP contribution is -2.29. The van der Waals surface area contributed by atoms with Gasteiger partial charge in [0.25, 0.3) is 0 Å². The first-order valence-electron chi connectivity index (χ1n) is 12.4. The number of fused-ring (bicyclic) bond motifs is 2. The fourth-order valence-corrected chi connectivity index (χ4v) is 5.87. The van der Waals surface area contributed by atoms with E-state index in [2.05, 4.69) is 34.0 Å². The first kappa shape index (κ1) is 26.5. The quantitative estimate of drug-likeness (QED) is 0.257. The van der Waals surface area contributed by atoms with Crippen LogP contribution >= 0.6 is 22.6 Å². The van der Waals surface area contributed by atoms with E-state index in [1.54, 1.807) is 32.2 Å². The van der Waals surface area contributed by atoms with Crippen LogP contribution in [0.25, 0.3) is 5.70 Å². The first-order chi connectivity index (χ1) is 18.9. The number of halogens is 1. The number of esters is 1. The zero-order valence-electron chi connectivity index (χ0n) is 21.6. The van der Waals surface area contributed by atoms with E-state index in [9.17, 15) is 14.9 Å². The van der Waals surface area contributed by atoms with Crippen molar-refractivity contribution in [2.24, 2.45) is 0 Å². The van der Waals surface area contributed by atoms with Gasteiger partial charge in [-0.3, -0.25) is 4.79 Å². The van der Waals surface area contributed by atoms with Gasteiger partial charge in [-0.05, 0) is 60.2 Å². The number of benzene rings is 3. The average Bonchev–Trinajstić information content (AvgIpc) is 3.22. The molecular weight excluding hydrogens is 607 g/mol. The van der Waals surface area contributed by atoms with Crippen LogP contribution in [-0.4, -0.2) is 25.5 Å². The number of nitriles is 1. The summed E-state index contributed by atoms with van der Waals surface area (Å²) in [6.07, 6.45) is 0. The van der Waals surface area contributed by atoms with Gasteiger partial charge in [0.05, 0.1) is 40.2 Å². The molecule has 0 saturated heterocycles. The zero-order valence-corrected chi connectivity index (χ0v) is 23.8. The Kier molecular flexibility index (Phi) is 7.44. The Morgan fingerprint density at radius 3 is 2.54 bits per heavy atom. The van der Waals surface area contributed by atoms with Gasteiger partial charge >= 0.3 is 5.97 Å². The molecule has 0 amide bonds. The molecule has 1 atom stereocenters. The molecule has 0 unspecified atom stereocenters. The second-order valence-corrected chi connectivity index (χ2v) is 10.2. The molecule has 8 heteroatoms. The smallest absolute Gasteiger partial charge is 0.336 e. The Bertz CT molecular complexity index is 1620. The predicted molar refractivity (Wildman–Crippen MR) is 154 cm³/mol. The van der Waals surface area contributed by atoms with Crippen LogP contribution in [0.15, 0.2) is 77.5 Å². The van der Waals surface area contributed by atoms with Crippen molar-refractivity contribution in [3.8, 4) is 17.6 Å². The van der Waals surface area contributed by atoms with Crippen molar-refractivity contribution >= 4 is 40.0 Å². The molecule has 5 rings (SSSR count). The number of Topliss-reactive ketones (excluding diaryl/α,β-unsaturated/α-hetero) is 1. The summed E-state index contributed by atoms with van der Waals surface area (Å²) in [5.41, 5.74) is 5.61. The number of carbonyl (C=O) groups excluding carboxylic acids is 2. The maximum absolute atomic E-state index is 13.7. The van der Waals surface area contributed by atoms with Crippen molar-refractivity contribution in [1.29, 1.82) is 5.26 Å². The van der Waals surface area contributed by atoms with Crippen LogP contribution < -0.4 is 14.8 Å². The summed E-state index contributed by atoms with van der Waals surface area (Å²) < 4.78 is 18.0. The fraction of sp³-hybridized carbons (Fsp3) is 0.194. The second kappa shape index (κ2) is 10.9. The number of methoxy groups -OCH3 is 1. The fourth-order valence-electron chi connectivity index (χ4n) is 5.09. The van der Waals surface area contributed by atoms with Gasteiger partial charge < -0.3 is 19.5 Å². The number of ether oxygens (including phenoxy) is 3. The van der Waals surface area contributed by atoms with Crippen LogP contribution in [0.3, 0.4) is 0 Å². The molecule has 1 aliphatic heterocycles. The molecule has 0 spiro atoms. The topological polar surface area (TPSA) is 97.6 Å². The molecule has 39 heavy (non-hydrogen) atoms. The van der Waals surface area contributed by atoms with E-state index in [-0.39, 0.29) is 19.0 Å². The van der Waals surface area contributed by atoms with Crippen LogP contribution in [0.2, 0.25) is 0 Å². The molecule has 3 aromatic rings. The third-order valence-electron chi connectivity index (χ3n) is 6.84. The van der Waals surface area contributed by atoms with Gasteiger partial charge in [-0.2, -0.15) is 5.26 Å². The maximum Gasteiger partial charge on any atom is 0.336 e. The summed E-state index contributed by atoms with van der Waals surface area (Å²) in [5.74, 6) is -0.316. The Morgan fingerprint density at radius 1 is 1.10 bits per heavy atom. The lowest BCUT2D eigenvalue weighted by molar-refractivity contribution is -0.138. The third-order valence-corrected chi connectivity index (χ3v) is 7.64. The van der Waals surface area contributed by atoms with Crippen molar-refractivity contribution in [2.75, 3.05) is 13.7 Å². The van der Waals surface area contributed by atoms with Crippen molar-refractivity contribution in [3.05, 3.63) is 109 Å². The number of ketones is 1. The lowest BCUT2D eigenvalue weighted by Gasteiger charge is -2.30. The van der Waals surface area contributed by atoms with Crippen molar-refractivity contribution in [2.45, 2.75) is 26.4 Å². The average molecular weight is 632 g/mol. The van der Waals surface area contributed by atoms with Gasteiger partial charge in [0.2, 0.25) is 0 Å².